The molecule has 1 aliphatic rings. The van der Waals surface area contributed by atoms with Crippen molar-refractivity contribution in [2.45, 2.75) is 32.4 Å². The number of hydrogen-bond acceptors (Lipinski definition) is 3. The van der Waals surface area contributed by atoms with Crippen molar-refractivity contribution >= 4 is 22.9 Å². The maximum absolute atomic E-state index is 6.03. The molecule has 1 aliphatic heterocycles. The van der Waals surface area contributed by atoms with Gasteiger partial charge in [-0.15, -0.1) is 5.10 Å². The number of aryl methyl sites for hydroxylation is 2. The molecule has 2 aromatic carbocycles. The Hall–Kier alpha value is -3.12. The van der Waals surface area contributed by atoms with Gasteiger partial charge in [0, 0.05) is 24.7 Å². The van der Waals surface area contributed by atoms with E-state index in [1.54, 1.807) is 0 Å². The molecule has 0 atom stereocenters. The number of nitrogens with zero attached hydrogens (tertiary/aromatic N) is 3. The van der Waals surface area contributed by atoms with Crippen molar-refractivity contribution in [3.63, 3.8) is 0 Å². The Balaban J connectivity index is 1.68. The van der Waals surface area contributed by atoms with Gasteiger partial charge in [-0.3, -0.25) is 0 Å². The van der Waals surface area contributed by atoms with Gasteiger partial charge in [-0.2, -0.15) is 0 Å². The maximum atomic E-state index is 6.03. The van der Waals surface area contributed by atoms with Gasteiger partial charge < -0.3 is 14.6 Å². The quantitative estimate of drug-likeness (QED) is 0.483. The first kappa shape index (κ1) is 18.9. The summed E-state index contributed by atoms with van der Waals surface area (Å²) >= 11 is 5.73. The molecule has 2 aromatic heterocycles. The Labute approximate surface area is 181 Å². The fourth-order valence-electron chi connectivity index (χ4n) is 4.32. The molecule has 0 aliphatic carbocycles. The van der Waals surface area contributed by atoms with E-state index in [1.165, 1.54) is 16.7 Å². The summed E-state index contributed by atoms with van der Waals surface area (Å²) < 4.78 is 10.4. The molecule has 0 fully saturated rings. The fourth-order valence-corrected chi connectivity index (χ4v) is 4.51. The molecule has 152 valence electrons. The third-order valence-corrected chi connectivity index (χ3v) is 6.08. The molecule has 0 amide bonds. The van der Waals surface area contributed by atoms with Gasteiger partial charge >= 0.3 is 0 Å². The number of hydrogen-bond donors (Lipinski definition) is 1. The second-order valence-corrected chi connectivity index (χ2v) is 7.92. The molecule has 0 saturated carbocycles. The monoisotopic (exact) mass is 416 g/mol. The summed E-state index contributed by atoms with van der Waals surface area (Å²) in [6.45, 7) is 1.37. The van der Waals surface area contributed by atoms with Crippen LogP contribution in [-0.4, -0.2) is 26.2 Å². The second kappa shape index (κ2) is 7.95. The molecular formula is C24H24N4OS. The number of para-hydroxylation sites is 1. The van der Waals surface area contributed by atoms with Crippen molar-refractivity contribution in [2.75, 3.05) is 7.05 Å². The van der Waals surface area contributed by atoms with E-state index < -0.39 is 0 Å². The van der Waals surface area contributed by atoms with Crippen LogP contribution in [0.5, 0.6) is 5.75 Å². The normalized spacial score (nSPS) is 13.2. The maximum Gasteiger partial charge on any atom is 0.169 e. The van der Waals surface area contributed by atoms with E-state index in [9.17, 15) is 0 Å². The van der Waals surface area contributed by atoms with E-state index in [2.05, 4.69) is 34.1 Å². The molecule has 5 rings (SSSR count). The lowest BCUT2D eigenvalue weighted by molar-refractivity contribution is 0.288. The second-order valence-electron chi connectivity index (χ2n) is 7.51. The van der Waals surface area contributed by atoms with Gasteiger partial charge in [-0.1, -0.05) is 60.7 Å². The minimum atomic E-state index is 0.428. The first-order chi connectivity index (χ1) is 14.8. The molecule has 6 heteroatoms. The van der Waals surface area contributed by atoms with Gasteiger partial charge in [0.2, 0.25) is 0 Å². The summed E-state index contributed by atoms with van der Waals surface area (Å²) in [5.74, 6) is 1.78. The zero-order valence-electron chi connectivity index (χ0n) is 17.0. The van der Waals surface area contributed by atoms with E-state index >= 15 is 0 Å². The van der Waals surface area contributed by atoms with Crippen LogP contribution in [0, 0.1) is 0 Å². The van der Waals surface area contributed by atoms with Crippen molar-refractivity contribution in [3.8, 4) is 16.9 Å². The zero-order chi connectivity index (χ0) is 20.5. The van der Waals surface area contributed by atoms with Crippen molar-refractivity contribution < 1.29 is 4.74 Å². The van der Waals surface area contributed by atoms with Gasteiger partial charge in [-0.05, 0) is 37.0 Å². The molecular weight excluding hydrogens is 392 g/mol. The topological polar surface area (TPSA) is 43.5 Å². The minimum Gasteiger partial charge on any atom is -0.486 e. The molecule has 5 nitrogen and oxygen atoms in total. The average Bonchev–Trinajstić information content (AvgIpc) is 3.20. The van der Waals surface area contributed by atoms with Crippen molar-refractivity contribution in [2.24, 2.45) is 0 Å². The van der Waals surface area contributed by atoms with Crippen molar-refractivity contribution in [1.82, 2.24) is 19.5 Å². The van der Waals surface area contributed by atoms with E-state index in [-0.39, 0.29) is 0 Å². The molecule has 0 bridgehead atoms. The van der Waals surface area contributed by atoms with Gasteiger partial charge in [0.25, 0.3) is 0 Å². The summed E-state index contributed by atoms with van der Waals surface area (Å²) in [6.07, 6.45) is 3.29. The molecule has 30 heavy (non-hydrogen) atoms. The molecule has 3 heterocycles. The number of benzene rings is 2. The highest BCUT2D eigenvalue weighted by Gasteiger charge is 2.28. The highest BCUT2D eigenvalue weighted by Crippen LogP contribution is 2.36. The van der Waals surface area contributed by atoms with E-state index in [0.29, 0.717) is 11.6 Å². The molecule has 0 unspecified atom stereocenters. The number of rotatable bonds is 5. The van der Waals surface area contributed by atoms with E-state index in [0.717, 1.165) is 48.7 Å². The van der Waals surface area contributed by atoms with Crippen LogP contribution >= 0.6 is 12.2 Å². The SMILES string of the molecule is CNC(=S)c1c(-c2ccccc2)c2c3n(c(COc4ccccc4)nn13)CCCC2. The standard InChI is InChI=1S/C24H24N4OS/c1-25-23(30)22-21(17-10-4-2-5-11-17)19-14-8-9-15-27-20(26-28(22)24(19)27)16-29-18-12-6-3-7-13-18/h2-7,10-13H,8-9,14-16H2,1H3,(H,25,30). The van der Waals surface area contributed by atoms with Gasteiger partial charge in [0.1, 0.15) is 28.7 Å². The lowest BCUT2D eigenvalue weighted by Crippen LogP contribution is -2.19. The minimum absolute atomic E-state index is 0.428. The summed E-state index contributed by atoms with van der Waals surface area (Å²) in [4.78, 5) is 0.704. The summed E-state index contributed by atoms with van der Waals surface area (Å²) in [7, 11) is 1.87. The first-order valence-corrected chi connectivity index (χ1v) is 10.8. The zero-order valence-corrected chi connectivity index (χ0v) is 17.8. The van der Waals surface area contributed by atoms with Crippen molar-refractivity contribution in [3.05, 3.63) is 77.7 Å². The van der Waals surface area contributed by atoms with Crippen LogP contribution in [0.4, 0.5) is 0 Å². The summed E-state index contributed by atoms with van der Waals surface area (Å²) in [5, 5.41) is 8.16. The molecule has 0 spiro atoms. The summed E-state index contributed by atoms with van der Waals surface area (Å²) in [6, 6.07) is 20.4. The van der Waals surface area contributed by atoms with Crippen LogP contribution in [0.15, 0.2) is 60.7 Å². The largest absolute Gasteiger partial charge is 0.486 e. The predicted octanol–water partition coefficient (Wildman–Crippen LogP) is 4.61. The van der Waals surface area contributed by atoms with E-state index in [4.69, 9.17) is 22.1 Å². The van der Waals surface area contributed by atoms with Crippen molar-refractivity contribution in [1.29, 1.82) is 0 Å². The van der Waals surface area contributed by atoms with Crippen LogP contribution < -0.4 is 10.1 Å². The number of nitrogens with one attached hydrogen (secondary N) is 1. The van der Waals surface area contributed by atoms with Crippen LogP contribution in [0.2, 0.25) is 0 Å². The van der Waals surface area contributed by atoms with E-state index in [1.807, 2.05) is 48.0 Å². The Morgan fingerprint density at radius 1 is 1.07 bits per heavy atom. The van der Waals surface area contributed by atoms with Crippen LogP contribution in [-0.2, 0) is 19.6 Å². The highest BCUT2D eigenvalue weighted by atomic mass is 32.1. The van der Waals surface area contributed by atoms with Gasteiger partial charge in [0.05, 0.1) is 0 Å². The molecule has 1 N–H and O–H groups in total. The molecule has 4 aromatic rings. The number of thiocarbonyl (C=S) groups is 1. The summed E-state index contributed by atoms with van der Waals surface area (Å²) in [5.41, 5.74) is 5.81. The third-order valence-electron chi connectivity index (χ3n) is 5.68. The lowest BCUT2D eigenvalue weighted by Gasteiger charge is -2.10. The van der Waals surface area contributed by atoms with Crippen LogP contribution in [0.1, 0.15) is 29.9 Å². The smallest absolute Gasteiger partial charge is 0.169 e. The lowest BCUT2D eigenvalue weighted by atomic mass is 9.98. The first-order valence-electron chi connectivity index (χ1n) is 10.4. The van der Waals surface area contributed by atoms with Gasteiger partial charge in [-0.25, -0.2) is 4.52 Å². The number of aromatic nitrogens is 3. The van der Waals surface area contributed by atoms with Gasteiger partial charge in [0.15, 0.2) is 5.82 Å². The highest BCUT2D eigenvalue weighted by molar-refractivity contribution is 7.80. The average molecular weight is 417 g/mol. The Morgan fingerprint density at radius 3 is 2.53 bits per heavy atom. The van der Waals surface area contributed by atoms with Crippen LogP contribution in [0.3, 0.4) is 0 Å². The number of ether oxygens (including phenoxy) is 1. The molecule has 0 saturated heterocycles. The Morgan fingerprint density at radius 2 is 1.80 bits per heavy atom. The predicted molar refractivity (Wildman–Crippen MR) is 123 cm³/mol. The van der Waals surface area contributed by atoms with Crippen LogP contribution in [0.25, 0.3) is 16.8 Å². The Bertz CT molecular complexity index is 1190. The Kier molecular flexibility index (Phi) is 5.01. The molecule has 0 radical (unpaired) electrons. The fraction of sp³-hybridized carbons (Fsp3) is 0.250. The third kappa shape index (κ3) is 3.17.